The molecular weight excluding hydrogens is 544 g/mol. The number of benzene rings is 1. The summed E-state index contributed by atoms with van der Waals surface area (Å²) in [6.07, 6.45) is 4.46. The lowest BCUT2D eigenvalue weighted by Crippen LogP contribution is -2.28. The van der Waals surface area contributed by atoms with Crippen LogP contribution in [-0.2, 0) is 24.2 Å². The van der Waals surface area contributed by atoms with Crippen LogP contribution in [0.25, 0.3) is 5.52 Å². The maximum Gasteiger partial charge on any atom is 0.309 e. The Labute approximate surface area is 231 Å². The number of halogens is 1. The zero-order chi connectivity index (χ0) is 27.7. The minimum atomic E-state index is -1.06. The molecule has 0 atom stereocenters. The molecule has 0 saturated heterocycles. The van der Waals surface area contributed by atoms with Gasteiger partial charge in [-0.3, -0.25) is 14.6 Å². The summed E-state index contributed by atoms with van der Waals surface area (Å²) in [4.78, 5) is 30.5. The number of hydrogen-bond donors (Lipinski definition) is 1. The van der Waals surface area contributed by atoms with Crippen LogP contribution in [0.5, 0.6) is 5.75 Å². The highest BCUT2D eigenvalue weighted by Gasteiger charge is 2.34. The average Bonchev–Trinajstić information content (AvgIpc) is 3.13. The van der Waals surface area contributed by atoms with E-state index in [9.17, 15) is 14.7 Å². The molecule has 4 aromatic rings. The Hall–Kier alpha value is -3.45. The van der Waals surface area contributed by atoms with Crippen molar-refractivity contribution in [2.24, 2.45) is 10.8 Å². The number of carboxylic acid groups (broad SMARTS) is 1. The van der Waals surface area contributed by atoms with Crippen molar-refractivity contribution in [1.29, 1.82) is 0 Å². The molecule has 198 valence electrons. The number of rotatable bonds is 9. The highest BCUT2D eigenvalue weighted by Crippen LogP contribution is 2.37. The second-order valence-corrected chi connectivity index (χ2v) is 12.4. The van der Waals surface area contributed by atoms with Crippen molar-refractivity contribution in [3.05, 3.63) is 99.5 Å². The topological polar surface area (TPSA) is 80.9 Å². The highest BCUT2D eigenvalue weighted by atomic mass is 79.9. The van der Waals surface area contributed by atoms with Crippen LogP contribution in [0.1, 0.15) is 67.5 Å². The van der Waals surface area contributed by atoms with Crippen molar-refractivity contribution < 1.29 is 19.4 Å². The van der Waals surface area contributed by atoms with Gasteiger partial charge >= 0.3 is 5.97 Å². The number of ketones is 1. The highest BCUT2D eigenvalue weighted by molar-refractivity contribution is 9.10. The summed E-state index contributed by atoms with van der Waals surface area (Å²) in [6.45, 7) is 10.1. The van der Waals surface area contributed by atoms with Crippen LogP contribution in [0.2, 0.25) is 0 Å². The minimum absolute atomic E-state index is 0.104. The molecule has 6 nitrogen and oxygen atoms in total. The van der Waals surface area contributed by atoms with Crippen LogP contribution >= 0.6 is 15.9 Å². The predicted molar refractivity (Wildman–Crippen MR) is 152 cm³/mol. The van der Waals surface area contributed by atoms with Gasteiger partial charge in [0.15, 0.2) is 0 Å². The van der Waals surface area contributed by atoms with Gasteiger partial charge in [-0.05, 0) is 85.7 Å². The number of carbonyl (C=O) groups is 2. The molecule has 0 aliphatic rings. The third-order valence-corrected chi connectivity index (χ3v) is 6.99. The van der Waals surface area contributed by atoms with Gasteiger partial charge in [-0.25, -0.2) is 0 Å². The Morgan fingerprint density at radius 2 is 1.68 bits per heavy atom. The van der Waals surface area contributed by atoms with Gasteiger partial charge in [-0.1, -0.05) is 42.8 Å². The Morgan fingerprint density at radius 1 is 0.974 bits per heavy atom. The normalized spacial score (nSPS) is 12.1. The molecule has 7 heteroatoms. The van der Waals surface area contributed by atoms with E-state index in [1.165, 1.54) is 0 Å². The molecule has 0 bridgehead atoms. The lowest BCUT2D eigenvalue weighted by atomic mass is 9.80. The molecule has 1 aromatic carbocycles. The first-order valence-corrected chi connectivity index (χ1v) is 13.4. The standard InChI is InChI=1S/C31H33BrN2O4/c1-30(2,3)17-24-25(18-31(4,5)29(36)37)27(28(35)20-9-11-21(32)12-10-20)34-15-13-23(16-26(24)34)38-19-22-8-6-7-14-33-22/h6-16H,17-19H2,1-5H3,(H,36,37). The molecule has 0 aliphatic carbocycles. The number of pyridine rings is 2. The van der Waals surface area contributed by atoms with E-state index in [2.05, 4.69) is 41.7 Å². The second-order valence-electron chi connectivity index (χ2n) is 11.5. The quantitative estimate of drug-likeness (QED) is 0.214. The lowest BCUT2D eigenvalue weighted by molar-refractivity contribution is -0.146. The van der Waals surface area contributed by atoms with E-state index < -0.39 is 11.4 Å². The van der Waals surface area contributed by atoms with Gasteiger partial charge in [0.05, 0.1) is 22.3 Å². The van der Waals surface area contributed by atoms with Crippen LogP contribution in [0, 0.1) is 10.8 Å². The fraction of sp³-hybridized carbons (Fsp3) is 0.323. The summed E-state index contributed by atoms with van der Waals surface area (Å²) in [7, 11) is 0. The molecule has 4 rings (SSSR count). The van der Waals surface area contributed by atoms with Crippen LogP contribution in [0.4, 0.5) is 0 Å². The van der Waals surface area contributed by atoms with Gasteiger partial charge < -0.3 is 14.2 Å². The van der Waals surface area contributed by atoms with E-state index in [0.29, 0.717) is 30.0 Å². The average molecular weight is 578 g/mol. The van der Waals surface area contributed by atoms with E-state index in [1.807, 2.05) is 53.1 Å². The maximum absolute atomic E-state index is 14.0. The first-order chi connectivity index (χ1) is 17.9. The molecule has 0 radical (unpaired) electrons. The summed E-state index contributed by atoms with van der Waals surface area (Å²) in [5.41, 5.74) is 3.25. The van der Waals surface area contributed by atoms with E-state index in [-0.39, 0.29) is 17.6 Å². The zero-order valence-electron chi connectivity index (χ0n) is 22.4. The van der Waals surface area contributed by atoms with Crippen LogP contribution in [0.15, 0.2) is 71.5 Å². The fourth-order valence-electron chi connectivity index (χ4n) is 4.50. The number of aromatic nitrogens is 2. The summed E-state index contributed by atoms with van der Waals surface area (Å²) < 4.78 is 8.85. The van der Waals surface area contributed by atoms with Gasteiger partial charge in [0.2, 0.25) is 5.78 Å². The zero-order valence-corrected chi connectivity index (χ0v) is 24.0. The van der Waals surface area contributed by atoms with E-state index >= 15 is 0 Å². The van der Waals surface area contributed by atoms with Crippen LogP contribution in [0.3, 0.4) is 0 Å². The number of nitrogens with zero attached hydrogens (tertiary/aromatic N) is 2. The first-order valence-electron chi connectivity index (χ1n) is 12.6. The molecule has 3 aromatic heterocycles. The Bertz CT molecular complexity index is 1470. The maximum atomic E-state index is 14.0. The predicted octanol–water partition coefficient (Wildman–Crippen LogP) is 7.15. The van der Waals surface area contributed by atoms with Gasteiger partial charge in [0.25, 0.3) is 0 Å². The molecule has 0 aliphatic heterocycles. The monoisotopic (exact) mass is 576 g/mol. The molecule has 0 amide bonds. The van der Waals surface area contributed by atoms with Crippen molar-refractivity contribution in [3.63, 3.8) is 0 Å². The van der Waals surface area contributed by atoms with E-state index in [1.54, 1.807) is 32.2 Å². The number of ether oxygens (including phenoxy) is 1. The molecule has 38 heavy (non-hydrogen) atoms. The Kier molecular flexibility index (Phi) is 7.79. The Balaban J connectivity index is 1.91. The summed E-state index contributed by atoms with van der Waals surface area (Å²) >= 11 is 3.44. The third-order valence-electron chi connectivity index (χ3n) is 6.47. The van der Waals surface area contributed by atoms with Gasteiger partial charge in [-0.15, -0.1) is 0 Å². The number of fused-ring (bicyclic) bond motifs is 1. The van der Waals surface area contributed by atoms with Crippen molar-refractivity contribution in [2.45, 2.75) is 54.1 Å². The number of carboxylic acids is 1. The number of carbonyl (C=O) groups excluding carboxylic acids is 1. The molecule has 0 fully saturated rings. The van der Waals surface area contributed by atoms with Gasteiger partial charge in [0, 0.05) is 28.5 Å². The van der Waals surface area contributed by atoms with Gasteiger partial charge in [0.1, 0.15) is 12.4 Å². The van der Waals surface area contributed by atoms with Crippen molar-refractivity contribution in [1.82, 2.24) is 9.38 Å². The largest absolute Gasteiger partial charge is 0.487 e. The Morgan fingerprint density at radius 3 is 2.29 bits per heavy atom. The first kappa shape index (κ1) is 27.6. The lowest BCUT2D eigenvalue weighted by Gasteiger charge is -2.23. The fourth-order valence-corrected chi connectivity index (χ4v) is 4.77. The summed E-state index contributed by atoms with van der Waals surface area (Å²) in [5, 5.41) is 9.98. The molecule has 0 saturated carbocycles. The van der Waals surface area contributed by atoms with Crippen molar-refractivity contribution in [3.8, 4) is 5.75 Å². The molecule has 0 spiro atoms. The molecular formula is C31H33BrN2O4. The van der Waals surface area contributed by atoms with Crippen LogP contribution < -0.4 is 4.74 Å². The summed E-state index contributed by atoms with van der Waals surface area (Å²) in [5.74, 6) is -0.399. The molecule has 1 N–H and O–H groups in total. The van der Waals surface area contributed by atoms with Crippen LogP contribution in [-0.4, -0.2) is 26.2 Å². The SMILES string of the molecule is CC(C)(C)Cc1c(CC(C)(C)C(=O)O)c(C(=O)c2ccc(Br)cc2)n2ccc(OCc3ccccn3)cc12. The van der Waals surface area contributed by atoms with E-state index in [4.69, 9.17) is 4.74 Å². The number of hydrogen-bond acceptors (Lipinski definition) is 4. The number of aliphatic carboxylic acids is 1. The molecule has 3 heterocycles. The van der Waals surface area contributed by atoms with E-state index in [0.717, 1.165) is 26.8 Å². The van der Waals surface area contributed by atoms with Crippen molar-refractivity contribution in [2.75, 3.05) is 0 Å². The second kappa shape index (κ2) is 10.7. The third kappa shape index (κ3) is 6.16. The minimum Gasteiger partial charge on any atom is -0.487 e. The summed E-state index contributed by atoms with van der Waals surface area (Å²) in [6, 6.07) is 16.7. The molecule has 0 unspecified atom stereocenters. The van der Waals surface area contributed by atoms with Crippen molar-refractivity contribution >= 4 is 33.2 Å². The van der Waals surface area contributed by atoms with Gasteiger partial charge in [-0.2, -0.15) is 0 Å². The smallest absolute Gasteiger partial charge is 0.309 e.